The number of carbonyl (C=O) groups excluding carboxylic acids is 1. The molecule has 0 aromatic heterocycles. The normalized spacial score (nSPS) is 29.4. The predicted octanol–water partition coefficient (Wildman–Crippen LogP) is 2.65. The molecule has 2 atom stereocenters. The van der Waals surface area contributed by atoms with Crippen LogP contribution in [0, 0.1) is 11.8 Å². The van der Waals surface area contributed by atoms with Crippen LogP contribution in [0.1, 0.15) is 45.4 Å². The van der Waals surface area contributed by atoms with Gasteiger partial charge in [-0.05, 0) is 44.4 Å². The van der Waals surface area contributed by atoms with Gasteiger partial charge < -0.3 is 5.32 Å². The zero-order chi connectivity index (χ0) is 10.7. The molecule has 2 rings (SSSR count). The molecule has 0 heterocycles. The van der Waals surface area contributed by atoms with Crippen LogP contribution in [0.5, 0.6) is 0 Å². The van der Waals surface area contributed by atoms with E-state index in [4.69, 9.17) is 0 Å². The first-order valence-corrected chi connectivity index (χ1v) is 6.26. The Labute approximate surface area is 92.1 Å². The first-order valence-electron chi connectivity index (χ1n) is 6.26. The van der Waals surface area contributed by atoms with E-state index in [9.17, 15) is 4.79 Å². The molecule has 2 fully saturated rings. The highest BCUT2D eigenvalue weighted by Crippen LogP contribution is 2.42. The van der Waals surface area contributed by atoms with Gasteiger partial charge in [0.1, 0.15) is 0 Å². The van der Waals surface area contributed by atoms with Gasteiger partial charge in [-0.3, -0.25) is 4.79 Å². The van der Waals surface area contributed by atoms with Crippen LogP contribution in [-0.2, 0) is 4.79 Å². The van der Waals surface area contributed by atoms with Gasteiger partial charge in [0.05, 0.1) is 0 Å². The SMILES string of the molecule is CC/C=C\CCC1CC1C(=O)NC1CC1. The first-order chi connectivity index (χ1) is 7.31. The lowest BCUT2D eigenvalue weighted by atomic mass is 10.1. The van der Waals surface area contributed by atoms with E-state index in [1.807, 2.05) is 0 Å². The Bertz CT molecular complexity index is 255. The van der Waals surface area contributed by atoms with Crippen molar-refractivity contribution in [2.75, 3.05) is 0 Å². The Morgan fingerprint density at radius 2 is 2.20 bits per heavy atom. The number of carbonyl (C=O) groups is 1. The van der Waals surface area contributed by atoms with Crippen molar-refractivity contribution in [1.82, 2.24) is 5.32 Å². The van der Waals surface area contributed by atoms with E-state index in [0.717, 1.165) is 19.3 Å². The largest absolute Gasteiger partial charge is 0.353 e. The highest BCUT2D eigenvalue weighted by Gasteiger charge is 2.43. The summed E-state index contributed by atoms with van der Waals surface area (Å²) in [5.41, 5.74) is 0. The minimum absolute atomic E-state index is 0.321. The van der Waals surface area contributed by atoms with Crippen LogP contribution in [0.4, 0.5) is 0 Å². The molecule has 0 aliphatic heterocycles. The molecule has 2 heteroatoms. The summed E-state index contributed by atoms with van der Waals surface area (Å²) in [7, 11) is 0. The van der Waals surface area contributed by atoms with Crippen molar-refractivity contribution < 1.29 is 4.79 Å². The third-order valence-electron chi connectivity index (χ3n) is 3.29. The Morgan fingerprint density at radius 1 is 1.40 bits per heavy atom. The second-order valence-electron chi connectivity index (χ2n) is 4.84. The number of hydrogen-bond acceptors (Lipinski definition) is 1. The lowest BCUT2D eigenvalue weighted by Gasteiger charge is -2.01. The fourth-order valence-electron chi connectivity index (χ4n) is 2.02. The molecule has 2 aliphatic rings. The van der Waals surface area contributed by atoms with Gasteiger partial charge in [-0.25, -0.2) is 0 Å². The summed E-state index contributed by atoms with van der Waals surface area (Å²) in [6.07, 6.45) is 11.4. The fourth-order valence-corrected chi connectivity index (χ4v) is 2.02. The van der Waals surface area contributed by atoms with Crippen molar-refractivity contribution >= 4 is 5.91 Å². The second kappa shape index (κ2) is 4.82. The molecule has 84 valence electrons. The smallest absolute Gasteiger partial charge is 0.223 e. The summed E-state index contributed by atoms with van der Waals surface area (Å²) in [4.78, 5) is 11.6. The Kier molecular flexibility index (Phi) is 3.45. The minimum Gasteiger partial charge on any atom is -0.353 e. The summed E-state index contributed by atoms with van der Waals surface area (Å²) in [6.45, 7) is 2.15. The third kappa shape index (κ3) is 3.37. The summed E-state index contributed by atoms with van der Waals surface area (Å²) in [5.74, 6) is 1.34. The lowest BCUT2D eigenvalue weighted by Crippen LogP contribution is -2.27. The van der Waals surface area contributed by atoms with Crippen molar-refractivity contribution in [3.63, 3.8) is 0 Å². The molecule has 1 amide bonds. The van der Waals surface area contributed by atoms with Gasteiger partial charge in [0, 0.05) is 12.0 Å². The average molecular weight is 207 g/mol. The molecule has 2 nitrogen and oxygen atoms in total. The molecule has 0 radical (unpaired) electrons. The van der Waals surface area contributed by atoms with Crippen LogP contribution in [0.2, 0.25) is 0 Å². The number of rotatable bonds is 6. The maximum absolute atomic E-state index is 11.6. The monoisotopic (exact) mass is 207 g/mol. The van der Waals surface area contributed by atoms with Gasteiger partial charge in [-0.15, -0.1) is 0 Å². The van der Waals surface area contributed by atoms with E-state index in [-0.39, 0.29) is 0 Å². The Morgan fingerprint density at radius 3 is 2.87 bits per heavy atom. The molecule has 2 unspecified atom stereocenters. The van der Waals surface area contributed by atoms with E-state index in [1.165, 1.54) is 19.3 Å². The van der Waals surface area contributed by atoms with Crippen LogP contribution >= 0.6 is 0 Å². The van der Waals surface area contributed by atoms with E-state index < -0.39 is 0 Å². The average Bonchev–Trinajstić information content (AvgIpc) is 3.06. The van der Waals surface area contributed by atoms with Gasteiger partial charge in [-0.1, -0.05) is 19.1 Å². The first kappa shape index (κ1) is 10.7. The lowest BCUT2D eigenvalue weighted by molar-refractivity contribution is -0.122. The molecule has 2 saturated carbocycles. The highest BCUT2D eigenvalue weighted by molar-refractivity contribution is 5.82. The van der Waals surface area contributed by atoms with Crippen molar-refractivity contribution in [2.45, 2.75) is 51.5 Å². The van der Waals surface area contributed by atoms with Crippen molar-refractivity contribution in [1.29, 1.82) is 0 Å². The van der Waals surface area contributed by atoms with Crippen molar-refractivity contribution in [2.24, 2.45) is 11.8 Å². The third-order valence-corrected chi connectivity index (χ3v) is 3.29. The van der Waals surface area contributed by atoms with E-state index in [0.29, 0.717) is 23.8 Å². The van der Waals surface area contributed by atoms with Crippen molar-refractivity contribution in [3.8, 4) is 0 Å². The molecule has 1 N–H and O–H groups in total. The molecular formula is C13H21NO. The van der Waals surface area contributed by atoms with E-state index in [1.54, 1.807) is 0 Å². The topological polar surface area (TPSA) is 29.1 Å². The van der Waals surface area contributed by atoms with Crippen LogP contribution < -0.4 is 5.32 Å². The zero-order valence-electron chi connectivity index (χ0n) is 9.54. The fraction of sp³-hybridized carbons (Fsp3) is 0.769. The van der Waals surface area contributed by atoms with Gasteiger partial charge in [0.25, 0.3) is 0 Å². The van der Waals surface area contributed by atoms with E-state index in [2.05, 4.69) is 24.4 Å². The van der Waals surface area contributed by atoms with E-state index >= 15 is 0 Å². The summed E-state index contributed by atoms with van der Waals surface area (Å²) in [6, 6.07) is 0.527. The minimum atomic E-state index is 0.321. The maximum atomic E-state index is 11.6. The molecule has 0 aromatic carbocycles. The van der Waals surface area contributed by atoms with Crippen molar-refractivity contribution in [3.05, 3.63) is 12.2 Å². The summed E-state index contributed by atoms with van der Waals surface area (Å²) in [5, 5.41) is 3.09. The Balaban J connectivity index is 1.58. The standard InChI is InChI=1S/C13H21NO/c1-2-3-4-5-6-10-9-12(10)13(15)14-11-7-8-11/h3-4,10-12H,2,5-9H2,1H3,(H,14,15)/b4-3-. The summed E-state index contributed by atoms with van der Waals surface area (Å²) < 4.78 is 0. The number of nitrogens with one attached hydrogen (secondary N) is 1. The number of hydrogen-bond donors (Lipinski definition) is 1. The Hall–Kier alpha value is -0.790. The molecule has 0 spiro atoms. The zero-order valence-corrected chi connectivity index (χ0v) is 9.54. The van der Waals surface area contributed by atoms with Gasteiger partial charge in [0.15, 0.2) is 0 Å². The second-order valence-corrected chi connectivity index (χ2v) is 4.84. The molecular weight excluding hydrogens is 186 g/mol. The molecule has 15 heavy (non-hydrogen) atoms. The van der Waals surface area contributed by atoms with Gasteiger partial charge >= 0.3 is 0 Å². The van der Waals surface area contributed by atoms with Crippen LogP contribution in [0.25, 0.3) is 0 Å². The maximum Gasteiger partial charge on any atom is 0.223 e. The van der Waals surface area contributed by atoms with Crippen LogP contribution in [-0.4, -0.2) is 11.9 Å². The molecule has 0 saturated heterocycles. The summed E-state index contributed by atoms with van der Waals surface area (Å²) >= 11 is 0. The quantitative estimate of drug-likeness (QED) is 0.666. The molecule has 2 aliphatic carbocycles. The molecule has 0 aromatic rings. The van der Waals surface area contributed by atoms with Gasteiger partial charge in [0.2, 0.25) is 5.91 Å². The highest BCUT2D eigenvalue weighted by atomic mass is 16.2. The van der Waals surface area contributed by atoms with Gasteiger partial charge in [-0.2, -0.15) is 0 Å². The number of allylic oxidation sites excluding steroid dienone is 2. The number of amides is 1. The predicted molar refractivity (Wildman–Crippen MR) is 61.4 cm³/mol. The van der Waals surface area contributed by atoms with Crippen LogP contribution in [0.3, 0.4) is 0 Å². The van der Waals surface area contributed by atoms with Crippen LogP contribution in [0.15, 0.2) is 12.2 Å². The molecule has 0 bridgehead atoms.